The van der Waals surface area contributed by atoms with E-state index in [4.69, 9.17) is 9.47 Å². The van der Waals surface area contributed by atoms with E-state index in [1.807, 2.05) is 6.92 Å². The Labute approximate surface area is 116 Å². The molecule has 0 saturated carbocycles. The van der Waals surface area contributed by atoms with Crippen LogP contribution in [0.1, 0.15) is 33.6 Å². The molecule has 1 atom stereocenters. The summed E-state index contributed by atoms with van der Waals surface area (Å²) in [6.07, 6.45) is 1.72. The molecule has 0 bridgehead atoms. The molecule has 19 heavy (non-hydrogen) atoms. The number of carbonyl (C=O) groups excluding carboxylic acids is 1. The summed E-state index contributed by atoms with van der Waals surface area (Å²) in [4.78, 5) is 14.2. The zero-order valence-corrected chi connectivity index (χ0v) is 12.9. The van der Waals surface area contributed by atoms with E-state index in [1.165, 1.54) is 7.11 Å². The Morgan fingerprint density at radius 2 is 2.21 bits per heavy atom. The molecule has 1 unspecified atom stereocenters. The highest BCUT2D eigenvalue weighted by Gasteiger charge is 2.34. The number of carbonyl (C=O) groups is 1. The Kier molecular flexibility index (Phi) is 5.77. The molecule has 0 aliphatic carbocycles. The van der Waals surface area contributed by atoms with Crippen molar-refractivity contribution in [3.05, 3.63) is 0 Å². The van der Waals surface area contributed by atoms with Gasteiger partial charge in [0.05, 0.1) is 20.3 Å². The second kappa shape index (κ2) is 6.68. The van der Waals surface area contributed by atoms with Crippen LogP contribution in [0.25, 0.3) is 0 Å². The first kappa shape index (κ1) is 16.4. The summed E-state index contributed by atoms with van der Waals surface area (Å²) in [5, 5.41) is 3.07. The van der Waals surface area contributed by atoms with Crippen LogP contribution in [0.15, 0.2) is 0 Å². The van der Waals surface area contributed by atoms with Gasteiger partial charge in [0.1, 0.15) is 5.54 Å². The monoisotopic (exact) mass is 272 g/mol. The van der Waals surface area contributed by atoms with Crippen molar-refractivity contribution in [2.75, 3.05) is 40.5 Å². The minimum atomic E-state index is -0.592. The number of morpholine rings is 1. The van der Waals surface area contributed by atoms with Crippen LogP contribution < -0.4 is 5.32 Å². The van der Waals surface area contributed by atoms with Crippen LogP contribution in [-0.4, -0.2) is 62.4 Å². The van der Waals surface area contributed by atoms with Gasteiger partial charge in [0.15, 0.2) is 0 Å². The largest absolute Gasteiger partial charge is 0.468 e. The number of esters is 1. The maximum Gasteiger partial charge on any atom is 0.325 e. The SMILES string of the molecule is CNC(C)(CCCN1CCOCC1(C)C)C(=O)OC. The standard InChI is InChI=1S/C14H28N2O3/c1-13(2)11-19-10-9-16(13)8-6-7-14(3,15-4)12(17)18-5/h15H,6-11H2,1-5H3. The van der Waals surface area contributed by atoms with Crippen molar-refractivity contribution in [2.45, 2.75) is 44.7 Å². The third-order valence-electron chi connectivity index (χ3n) is 4.11. The van der Waals surface area contributed by atoms with E-state index in [9.17, 15) is 4.79 Å². The fourth-order valence-corrected chi connectivity index (χ4v) is 2.48. The van der Waals surface area contributed by atoms with Crippen molar-refractivity contribution in [3.63, 3.8) is 0 Å². The fraction of sp³-hybridized carbons (Fsp3) is 0.929. The molecule has 1 heterocycles. The first-order valence-electron chi connectivity index (χ1n) is 6.96. The van der Waals surface area contributed by atoms with Crippen LogP contribution in [0.2, 0.25) is 0 Å². The summed E-state index contributed by atoms with van der Waals surface area (Å²) < 4.78 is 10.4. The van der Waals surface area contributed by atoms with E-state index in [0.29, 0.717) is 0 Å². The molecular formula is C14H28N2O3. The van der Waals surface area contributed by atoms with Gasteiger partial charge in [-0.1, -0.05) is 0 Å². The van der Waals surface area contributed by atoms with E-state index >= 15 is 0 Å². The van der Waals surface area contributed by atoms with Gasteiger partial charge in [0.25, 0.3) is 0 Å². The molecule has 5 nitrogen and oxygen atoms in total. The van der Waals surface area contributed by atoms with Gasteiger partial charge in [-0.25, -0.2) is 0 Å². The van der Waals surface area contributed by atoms with Gasteiger partial charge in [-0.2, -0.15) is 0 Å². The van der Waals surface area contributed by atoms with Gasteiger partial charge in [-0.05, 0) is 47.2 Å². The van der Waals surface area contributed by atoms with E-state index < -0.39 is 5.54 Å². The molecule has 0 aromatic carbocycles. The Morgan fingerprint density at radius 1 is 1.53 bits per heavy atom. The molecule has 1 aliphatic rings. The minimum Gasteiger partial charge on any atom is -0.468 e. The number of hydrogen-bond donors (Lipinski definition) is 1. The summed E-state index contributed by atoms with van der Waals surface area (Å²) in [5.41, 5.74) is -0.509. The van der Waals surface area contributed by atoms with Crippen LogP contribution in [0.3, 0.4) is 0 Å². The Bertz CT molecular complexity index is 307. The molecule has 1 fully saturated rings. The molecular weight excluding hydrogens is 244 g/mol. The van der Waals surface area contributed by atoms with Crippen LogP contribution in [-0.2, 0) is 14.3 Å². The van der Waals surface area contributed by atoms with Gasteiger partial charge in [-0.15, -0.1) is 0 Å². The lowest BCUT2D eigenvalue weighted by Gasteiger charge is -2.42. The van der Waals surface area contributed by atoms with Gasteiger partial charge < -0.3 is 14.8 Å². The second-order valence-electron chi connectivity index (χ2n) is 6.03. The Balaban J connectivity index is 2.46. The number of hydrogen-bond acceptors (Lipinski definition) is 5. The normalized spacial score (nSPS) is 22.8. The molecule has 1 aliphatic heterocycles. The maximum atomic E-state index is 11.8. The average molecular weight is 272 g/mol. The van der Waals surface area contributed by atoms with Crippen molar-refractivity contribution in [2.24, 2.45) is 0 Å². The molecule has 1 N–H and O–H groups in total. The maximum absolute atomic E-state index is 11.8. The number of nitrogens with zero attached hydrogens (tertiary/aromatic N) is 1. The zero-order valence-electron chi connectivity index (χ0n) is 12.9. The predicted molar refractivity (Wildman–Crippen MR) is 75.2 cm³/mol. The Morgan fingerprint density at radius 3 is 2.74 bits per heavy atom. The number of likely N-dealkylation sites (N-methyl/N-ethyl adjacent to an activating group) is 1. The summed E-state index contributed by atoms with van der Waals surface area (Å²) in [6, 6.07) is 0. The van der Waals surface area contributed by atoms with Gasteiger partial charge in [0, 0.05) is 12.1 Å². The molecule has 1 saturated heterocycles. The smallest absolute Gasteiger partial charge is 0.325 e. The highest BCUT2D eigenvalue weighted by Crippen LogP contribution is 2.21. The quantitative estimate of drug-likeness (QED) is 0.732. The van der Waals surface area contributed by atoms with Crippen LogP contribution in [0, 0.1) is 0 Å². The minimum absolute atomic E-state index is 0.0829. The molecule has 0 radical (unpaired) electrons. The molecule has 0 spiro atoms. The van der Waals surface area contributed by atoms with Gasteiger partial charge in [-0.3, -0.25) is 9.69 Å². The summed E-state index contributed by atoms with van der Waals surface area (Å²) in [7, 11) is 3.23. The predicted octanol–water partition coefficient (Wildman–Crippen LogP) is 1.03. The van der Waals surface area contributed by atoms with Crippen LogP contribution in [0.5, 0.6) is 0 Å². The number of methoxy groups -OCH3 is 1. The molecule has 5 heteroatoms. The number of ether oxygens (including phenoxy) is 2. The molecule has 1 rings (SSSR count). The lowest BCUT2D eigenvalue weighted by Crippen LogP contribution is -2.54. The third-order valence-corrected chi connectivity index (χ3v) is 4.11. The number of rotatable bonds is 6. The highest BCUT2D eigenvalue weighted by molar-refractivity contribution is 5.80. The topological polar surface area (TPSA) is 50.8 Å². The average Bonchev–Trinajstić information content (AvgIpc) is 2.39. The van der Waals surface area contributed by atoms with Crippen molar-refractivity contribution in [1.29, 1.82) is 0 Å². The second-order valence-corrected chi connectivity index (χ2v) is 6.03. The van der Waals surface area contributed by atoms with E-state index in [2.05, 4.69) is 24.1 Å². The zero-order chi connectivity index (χ0) is 14.5. The third kappa shape index (κ3) is 4.16. The van der Waals surface area contributed by atoms with Crippen molar-refractivity contribution < 1.29 is 14.3 Å². The summed E-state index contributed by atoms with van der Waals surface area (Å²) >= 11 is 0. The van der Waals surface area contributed by atoms with Crippen LogP contribution >= 0.6 is 0 Å². The van der Waals surface area contributed by atoms with Gasteiger partial charge >= 0.3 is 5.97 Å². The van der Waals surface area contributed by atoms with Crippen LogP contribution in [0.4, 0.5) is 0 Å². The fourth-order valence-electron chi connectivity index (χ4n) is 2.48. The Hall–Kier alpha value is -0.650. The highest BCUT2D eigenvalue weighted by atomic mass is 16.5. The lowest BCUT2D eigenvalue weighted by atomic mass is 9.95. The van der Waals surface area contributed by atoms with E-state index in [0.717, 1.165) is 39.1 Å². The van der Waals surface area contributed by atoms with Crippen molar-refractivity contribution >= 4 is 5.97 Å². The van der Waals surface area contributed by atoms with E-state index in [-0.39, 0.29) is 11.5 Å². The van der Waals surface area contributed by atoms with E-state index in [1.54, 1.807) is 7.05 Å². The molecule has 0 aromatic rings. The number of nitrogens with one attached hydrogen (secondary N) is 1. The van der Waals surface area contributed by atoms with Gasteiger partial charge in [0.2, 0.25) is 0 Å². The first-order chi connectivity index (χ1) is 8.85. The summed E-state index contributed by atoms with van der Waals surface area (Å²) in [5.74, 6) is -0.198. The molecule has 0 amide bonds. The van der Waals surface area contributed by atoms with Crippen molar-refractivity contribution in [1.82, 2.24) is 10.2 Å². The summed E-state index contributed by atoms with van der Waals surface area (Å²) in [6.45, 7) is 9.79. The first-order valence-corrected chi connectivity index (χ1v) is 6.96. The lowest BCUT2D eigenvalue weighted by molar-refractivity contribution is -0.148. The molecule has 112 valence electrons. The molecule has 0 aromatic heterocycles. The van der Waals surface area contributed by atoms with Crippen molar-refractivity contribution in [3.8, 4) is 0 Å².